The molecule has 8 nitrogen and oxygen atoms in total. The van der Waals surface area contributed by atoms with Gasteiger partial charge in [-0.05, 0) is 24.3 Å². The molecule has 0 heterocycles. The molecule has 0 aliphatic heterocycles. The summed E-state index contributed by atoms with van der Waals surface area (Å²) in [6.07, 6.45) is 0. The first-order valence-corrected chi connectivity index (χ1v) is 6.07. The number of esters is 2. The van der Waals surface area contributed by atoms with E-state index in [4.69, 9.17) is 0 Å². The number of nitroso groups, excluding NO2 is 1. The van der Waals surface area contributed by atoms with Gasteiger partial charge in [0.1, 0.15) is 13.1 Å². The topological polar surface area (TPSA) is 88.5 Å². The summed E-state index contributed by atoms with van der Waals surface area (Å²) >= 11 is 0. The minimum Gasteiger partial charge on any atom is -0.468 e. The van der Waals surface area contributed by atoms with E-state index in [1.165, 1.54) is 14.2 Å². The first kappa shape index (κ1) is 16.4. The third kappa shape index (κ3) is 4.75. The average molecular weight is 295 g/mol. The number of anilines is 2. The standard InChI is InChI=1S/C13H17N3O5/c1-15(8-12(17)20-2)10-4-6-11(7-5-10)16(14-19)9-13(18)21-3/h4-7H,8-9H2,1-3H3. The largest absolute Gasteiger partial charge is 0.468 e. The van der Waals surface area contributed by atoms with Crippen molar-refractivity contribution < 1.29 is 19.1 Å². The van der Waals surface area contributed by atoms with Gasteiger partial charge in [0.25, 0.3) is 0 Å². The van der Waals surface area contributed by atoms with E-state index in [1.807, 2.05) is 0 Å². The monoisotopic (exact) mass is 295 g/mol. The van der Waals surface area contributed by atoms with E-state index in [-0.39, 0.29) is 19.1 Å². The molecule has 0 amide bonds. The van der Waals surface area contributed by atoms with Crippen LogP contribution >= 0.6 is 0 Å². The molecule has 0 saturated heterocycles. The number of nitrogens with zero attached hydrogens (tertiary/aromatic N) is 3. The zero-order valence-electron chi connectivity index (χ0n) is 12.1. The van der Waals surface area contributed by atoms with Crippen molar-refractivity contribution >= 4 is 23.3 Å². The van der Waals surface area contributed by atoms with Crippen LogP contribution in [-0.2, 0) is 19.1 Å². The SMILES string of the molecule is COC(=O)CN(C)c1ccc(N(CC(=O)OC)N=O)cc1. The van der Waals surface area contributed by atoms with Crippen LogP contribution in [0.25, 0.3) is 0 Å². The van der Waals surface area contributed by atoms with Crippen LogP contribution in [0.5, 0.6) is 0 Å². The Hall–Kier alpha value is -2.64. The van der Waals surface area contributed by atoms with Crippen molar-refractivity contribution in [3.05, 3.63) is 29.2 Å². The van der Waals surface area contributed by atoms with Crippen LogP contribution in [0.1, 0.15) is 0 Å². The number of carbonyl (C=O) groups excluding carboxylic acids is 2. The second-order valence-electron chi connectivity index (χ2n) is 4.16. The maximum Gasteiger partial charge on any atom is 0.327 e. The fourth-order valence-corrected chi connectivity index (χ4v) is 1.58. The van der Waals surface area contributed by atoms with Gasteiger partial charge in [0.2, 0.25) is 0 Å². The Morgan fingerprint density at radius 3 is 1.95 bits per heavy atom. The molecule has 0 unspecified atom stereocenters. The van der Waals surface area contributed by atoms with E-state index >= 15 is 0 Å². The molecular weight excluding hydrogens is 278 g/mol. The second kappa shape index (κ2) is 7.83. The molecule has 1 aromatic carbocycles. The molecule has 8 heteroatoms. The van der Waals surface area contributed by atoms with Gasteiger partial charge < -0.3 is 14.4 Å². The number of carbonyl (C=O) groups is 2. The number of ether oxygens (including phenoxy) is 2. The van der Waals surface area contributed by atoms with E-state index in [9.17, 15) is 14.5 Å². The van der Waals surface area contributed by atoms with Crippen molar-refractivity contribution in [2.45, 2.75) is 0 Å². The highest BCUT2D eigenvalue weighted by molar-refractivity contribution is 5.77. The average Bonchev–Trinajstić information content (AvgIpc) is 2.52. The van der Waals surface area contributed by atoms with Crippen molar-refractivity contribution in [3.8, 4) is 0 Å². The number of hydrogen-bond acceptors (Lipinski definition) is 7. The van der Waals surface area contributed by atoms with Crippen molar-refractivity contribution in [3.63, 3.8) is 0 Å². The lowest BCUT2D eigenvalue weighted by Crippen LogP contribution is -2.27. The summed E-state index contributed by atoms with van der Waals surface area (Å²) in [4.78, 5) is 34.8. The Balaban J connectivity index is 2.78. The molecule has 0 aliphatic rings. The van der Waals surface area contributed by atoms with Gasteiger partial charge in [0.15, 0.2) is 0 Å². The van der Waals surface area contributed by atoms with Gasteiger partial charge in [0.05, 0.1) is 25.2 Å². The van der Waals surface area contributed by atoms with Crippen LogP contribution in [0.2, 0.25) is 0 Å². The van der Waals surface area contributed by atoms with Crippen LogP contribution in [0.15, 0.2) is 29.6 Å². The molecule has 1 rings (SSSR count). The molecule has 0 fully saturated rings. The Labute approximate surface area is 122 Å². The number of hydrogen-bond donors (Lipinski definition) is 0. The second-order valence-corrected chi connectivity index (χ2v) is 4.16. The van der Waals surface area contributed by atoms with Crippen molar-refractivity contribution in [2.75, 3.05) is 44.3 Å². The zero-order valence-corrected chi connectivity index (χ0v) is 12.1. The summed E-state index contributed by atoms with van der Waals surface area (Å²) < 4.78 is 9.06. The molecular formula is C13H17N3O5. The molecule has 0 saturated carbocycles. The third-order valence-electron chi connectivity index (χ3n) is 2.79. The lowest BCUT2D eigenvalue weighted by Gasteiger charge is -2.19. The molecule has 0 N–H and O–H groups in total. The number of rotatable bonds is 7. The van der Waals surface area contributed by atoms with Crippen molar-refractivity contribution in [1.29, 1.82) is 0 Å². The fraction of sp³-hybridized carbons (Fsp3) is 0.385. The summed E-state index contributed by atoms with van der Waals surface area (Å²) in [7, 11) is 4.28. The summed E-state index contributed by atoms with van der Waals surface area (Å²) in [6, 6.07) is 6.64. The quantitative estimate of drug-likeness (QED) is 0.420. The van der Waals surface area contributed by atoms with Gasteiger partial charge in [-0.25, -0.2) is 5.01 Å². The first-order chi connectivity index (χ1) is 10.0. The van der Waals surface area contributed by atoms with E-state index in [0.29, 0.717) is 5.69 Å². The fourth-order valence-electron chi connectivity index (χ4n) is 1.58. The molecule has 21 heavy (non-hydrogen) atoms. The van der Waals surface area contributed by atoms with Crippen LogP contribution in [0, 0.1) is 4.91 Å². The number of methoxy groups -OCH3 is 2. The highest BCUT2D eigenvalue weighted by Gasteiger charge is 2.13. The Morgan fingerprint density at radius 1 is 1.00 bits per heavy atom. The Bertz CT molecular complexity index is 503. The Morgan fingerprint density at radius 2 is 1.48 bits per heavy atom. The zero-order chi connectivity index (χ0) is 15.8. The van der Waals surface area contributed by atoms with E-state index in [2.05, 4.69) is 14.8 Å². The smallest absolute Gasteiger partial charge is 0.327 e. The van der Waals surface area contributed by atoms with Crippen LogP contribution in [0.3, 0.4) is 0 Å². The summed E-state index contributed by atoms with van der Waals surface area (Å²) in [5.41, 5.74) is 1.21. The third-order valence-corrected chi connectivity index (χ3v) is 2.79. The highest BCUT2D eigenvalue weighted by Crippen LogP contribution is 2.20. The van der Waals surface area contributed by atoms with E-state index in [0.717, 1.165) is 10.7 Å². The van der Waals surface area contributed by atoms with Gasteiger partial charge in [-0.15, -0.1) is 4.91 Å². The number of benzene rings is 1. The maximum atomic E-state index is 11.2. The Kier molecular flexibility index (Phi) is 6.12. The van der Waals surface area contributed by atoms with Gasteiger partial charge in [-0.2, -0.15) is 0 Å². The van der Waals surface area contributed by atoms with Crippen molar-refractivity contribution in [2.24, 2.45) is 5.29 Å². The first-order valence-electron chi connectivity index (χ1n) is 6.07. The molecule has 0 radical (unpaired) electrons. The molecule has 0 aromatic heterocycles. The molecule has 1 aromatic rings. The van der Waals surface area contributed by atoms with Gasteiger partial charge in [0, 0.05) is 12.7 Å². The summed E-state index contributed by atoms with van der Waals surface area (Å²) in [5, 5.41) is 3.76. The lowest BCUT2D eigenvalue weighted by molar-refractivity contribution is -0.139. The minimum atomic E-state index is -0.568. The molecule has 0 spiro atoms. The van der Waals surface area contributed by atoms with E-state index in [1.54, 1.807) is 36.2 Å². The normalized spacial score (nSPS) is 9.67. The molecule has 0 bridgehead atoms. The maximum absolute atomic E-state index is 11.2. The predicted octanol–water partition coefficient (Wildman–Crippen LogP) is 0.957. The summed E-state index contributed by atoms with van der Waals surface area (Å²) in [5.74, 6) is -0.926. The van der Waals surface area contributed by atoms with E-state index < -0.39 is 5.97 Å². The molecule has 114 valence electrons. The summed E-state index contributed by atoms with van der Waals surface area (Å²) in [6.45, 7) is -0.162. The highest BCUT2D eigenvalue weighted by atomic mass is 16.5. The molecule has 0 aliphatic carbocycles. The number of likely N-dealkylation sites (N-methyl/N-ethyl adjacent to an activating group) is 1. The van der Waals surface area contributed by atoms with Gasteiger partial charge >= 0.3 is 11.9 Å². The van der Waals surface area contributed by atoms with Crippen LogP contribution in [0.4, 0.5) is 11.4 Å². The van der Waals surface area contributed by atoms with Gasteiger partial charge in [-0.3, -0.25) is 9.59 Å². The lowest BCUT2D eigenvalue weighted by atomic mass is 10.2. The van der Waals surface area contributed by atoms with Crippen molar-refractivity contribution in [1.82, 2.24) is 0 Å². The van der Waals surface area contributed by atoms with Gasteiger partial charge in [-0.1, -0.05) is 0 Å². The van der Waals surface area contributed by atoms with Crippen LogP contribution < -0.4 is 9.91 Å². The van der Waals surface area contributed by atoms with Crippen LogP contribution in [-0.4, -0.2) is 46.3 Å². The predicted molar refractivity (Wildman–Crippen MR) is 76.9 cm³/mol. The molecule has 0 atom stereocenters. The minimum absolute atomic E-state index is 0.105.